The second-order valence-corrected chi connectivity index (χ2v) is 6.04. The number of rotatable bonds is 7. The van der Waals surface area contributed by atoms with Gasteiger partial charge in [0.2, 0.25) is 0 Å². The highest BCUT2D eigenvalue weighted by Gasteiger charge is 2.37. The number of benzene rings is 1. The van der Waals surface area contributed by atoms with Crippen molar-refractivity contribution in [3.05, 3.63) is 35.9 Å². The minimum absolute atomic E-state index is 0.390. The van der Waals surface area contributed by atoms with Crippen molar-refractivity contribution >= 4 is 5.97 Å². The van der Waals surface area contributed by atoms with Gasteiger partial charge in [0.15, 0.2) is 0 Å². The number of carbonyl (C=O) groups excluding carboxylic acids is 1. The third kappa shape index (κ3) is 4.29. The molecule has 0 bridgehead atoms. The highest BCUT2D eigenvalue weighted by atomic mass is 16.5. The summed E-state index contributed by atoms with van der Waals surface area (Å²) in [5.41, 5.74) is 6.09. The van der Waals surface area contributed by atoms with E-state index in [1.54, 1.807) is 0 Å². The standard InChI is InChI=1S/C17H28N2O2/c1-13(2)14(3)19(4)12-11-17(18,16(20)21-5)15-9-7-6-8-10-15/h6-10,13-14H,11-12,18H2,1-5H3. The zero-order valence-corrected chi connectivity index (χ0v) is 13.8. The molecule has 1 aromatic rings. The van der Waals surface area contributed by atoms with E-state index in [4.69, 9.17) is 10.5 Å². The van der Waals surface area contributed by atoms with Crippen LogP contribution in [0.15, 0.2) is 30.3 Å². The van der Waals surface area contributed by atoms with Crippen LogP contribution in [0.3, 0.4) is 0 Å². The lowest BCUT2D eigenvalue weighted by Gasteiger charge is -2.32. The molecular weight excluding hydrogens is 264 g/mol. The Morgan fingerprint density at radius 1 is 1.29 bits per heavy atom. The van der Waals surface area contributed by atoms with Gasteiger partial charge >= 0.3 is 5.97 Å². The first-order valence-electron chi connectivity index (χ1n) is 7.46. The zero-order valence-electron chi connectivity index (χ0n) is 13.8. The van der Waals surface area contributed by atoms with Crippen LogP contribution in [0.1, 0.15) is 32.8 Å². The fraction of sp³-hybridized carbons (Fsp3) is 0.588. The molecule has 0 heterocycles. The monoisotopic (exact) mass is 292 g/mol. The minimum atomic E-state index is -1.10. The van der Waals surface area contributed by atoms with E-state index < -0.39 is 5.54 Å². The SMILES string of the molecule is COC(=O)C(N)(CCN(C)C(C)C(C)C)c1ccccc1. The van der Waals surface area contributed by atoms with E-state index >= 15 is 0 Å². The number of ether oxygens (including phenoxy) is 1. The summed E-state index contributed by atoms with van der Waals surface area (Å²) in [5, 5.41) is 0. The largest absolute Gasteiger partial charge is 0.467 e. The molecule has 2 N–H and O–H groups in total. The molecule has 0 saturated heterocycles. The van der Waals surface area contributed by atoms with Crippen LogP contribution in [0.2, 0.25) is 0 Å². The Morgan fingerprint density at radius 2 is 1.86 bits per heavy atom. The molecule has 0 amide bonds. The van der Waals surface area contributed by atoms with Crippen molar-refractivity contribution in [3.8, 4) is 0 Å². The summed E-state index contributed by atoms with van der Waals surface area (Å²) in [5.74, 6) is 0.163. The molecule has 0 aromatic heterocycles. The molecule has 21 heavy (non-hydrogen) atoms. The molecule has 0 aliphatic heterocycles. The van der Waals surface area contributed by atoms with Crippen LogP contribution in [0, 0.1) is 5.92 Å². The lowest BCUT2D eigenvalue weighted by atomic mass is 9.87. The Hall–Kier alpha value is -1.39. The normalized spacial score (nSPS) is 15.8. The van der Waals surface area contributed by atoms with Crippen molar-refractivity contribution in [2.75, 3.05) is 20.7 Å². The lowest BCUT2D eigenvalue weighted by Crippen LogP contribution is -2.48. The number of methoxy groups -OCH3 is 1. The third-order valence-electron chi connectivity index (χ3n) is 4.36. The van der Waals surface area contributed by atoms with Gasteiger partial charge in [0.05, 0.1) is 7.11 Å². The van der Waals surface area contributed by atoms with Crippen molar-refractivity contribution < 1.29 is 9.53 Å². The van der Waals surface area contributed by atoms with E-state index in [0.29, 0.717) is 18.4 Å². The highest BCUT2D eigenvalue weighted by molar-refractivity contribution is 5.82. The molecule has 0 aliphatic carbocycles. The minimum Gasteiger partial charge on any atom is -0.467 e. The molecule has 0 aliphatic rings. The van der Waals surface area contributed by atoms with E-state index in [-0.39, 0.29) is 5.97 Å². The fourth-order valence-electron chi connectivity index (χ4n) is 2.35. The second kappa shape index (κ2) is 7.57. The molecular formula is C17H28N2O2. The molecule has 1 aromatic carbocycles. The van der Waals surface area contributed by atoms with Crippen molar-refractivity contribution in [1.29, 1.82) is 0 Å². The predicted molar refractivity (Wildman–Crippen MR) is 85.9 cm³/mol. The van der Waals surface area contributed by atoms with E-state index in [9.17, 15) is 4.79 Å². The van der Waals surface area contributed by atoms with Crippen LogP contribution in [0.25, 0.3) is 0 Å². The lowest BCUT2D eigenvalue weighted by molar-refractivity contribution is -0.148. The summed E-state index contributed by atoms with van der Waals surface area (Å²) in [6.07, 6.45) is 0.525. The summed E-state index contributed by atoms with van der Waals surface area (Å²) in [6, 6.07) is 9.88. The van der Waals surface area contributed by atoms with E-state index in [1.165, 1.54) is 7.11 Å². The maximum atomic E-state index is 12.2. The first kappa shape index (κ1) is 17.7. The molecule has 118 valence electrons. The zero-order chi connectivity index (χ0) is 16.0. The first-order valence-corrected chi connectivity index (χ1v) is 7.46. The van der Waals surface area contributed by atoms with Crippen molar-refractivity contribution in [2.45, 2.75) is 38.8 Å². The fourth-order valence-corrected chi connectivity index (χ4v) is 2.35. The van der Waals surface area contributed by atoms with Gasteiger partial charge in [-0.25, -0.2) is 4.79 Å². The third-order valence-corrected chi connectivity index (χ3v) is 4.36. The van der Waals surface area contributed by atoms with Gasteiger partial charge in [-0.1, -0.05) is 44.2 Å². The maximum Gasteiger partial charge on any atom is 0.330 e. The molecule has 0 saturated carbocycles. The molecule has 1 rings (SSSR count). The molecule has 0 fully saturated rings. The van der Waals surface area contributed by atoms with Crippen molar-refractivity contribution in [1.82, 2.24) is 4.90 Å². The van der Waals surface area contributed by atoms with Crippen LogP contribution in [0.4, 0.5) is 0 Å². The van der Waals surface area contributed by atoms with E-state index in [0.717, 1.165) is 12.1 Å². The van der Waals surface area contributed by atoms with Crippen LogP contribution >= 0.6 is 0 Å². The Morgan fingerprint density at radius 3 is 2.33 bits per heavy atom. The van der Waals surface area contributed by atoms with Gasteiger partial charge < -0.3 is 15.4 Å². The smallest absolute Gasteiger partial charge is 0.330 e. The number of esters is 1. The topological polar surface area (TPSA) is 55.6 Å². The van der Waals surface area contributed by atoms with Gasteiger partial charge in [0.25, 0.3) is 0 Å². The molecule has 0 radical (unpaired) electrons. The van der Waals surface area contributed by atoms with Gasteiger partial charge in [-0.2, -0.15) is 0 Å². The van der Waals surface area contributed by atoms with E-state index in [1.807, 2.05) is 30.3 Å². The Balaban J connectivity index is 2.88. The Labute approximate surface area is 128 Å². The predicted octanol–water partition coefficient (Wildman–Crippen LogP) is 2.38. The van der Waals surface area contributed by atoms with Gasteiger partial charge in [-0.15, -0.1) is 0 Å². The number of hydrogen-bond donors (Lipinski definition) is 1. The van der Waals surface area contributed by atoms with Crippen molar-refractivity contribution in [3.63, 3.8) is 0 Å². The maximum absolute atomic E-state index is 12.2. The number of carbonyl (C=O) groups is 1. The number of nitrogens with two attached hydrogens (primary N) is 1. The summed E-state index contributed by atoms with van der Waals surface area (Å²) in [7, 11) is 3.45. The van der Waals surface area contributed by atoms with Gasteiger partial charge in [0, 0.05) is 12.6 Å². The summed E-state index contributed by atoms with van der Waals surface area (Å²) < 4.78 is 4.93. The number of nitrogens with zero attached hydrogens (tertiary/aromatic N) is 1. The molecule has 0 spiro atoms. The quantitative estimate of drug-likeness (QED) is 0.784. The van der Waals surface area contributed by atoms with Gasteiger partial charge in [-0.05, 0) is 31.9 Å². The Bertz CT molecular complexity index is 447. The number of hydrogen-bond acceptors (Lipinski definition) is 4. The van der Waals surface area contributed by atoms with Gasteiger partial charge in [-0.3, -0.25) is 0 Å². The average Bonchev–Trinajstić information content (AvgIpc) is 2.51. The molecule has 2 unspecified atom stereocenters. The van der Waals surface area contributed by atoms with Crippen LogP contribution < -0.4 is 5.73 Å². The van der Waals surface area contributed by atoms with Crippen LogP contribution in [0.5, 0.6) is 0 Å². The average molecular weight is 292 g/mol. The summed E-state index contributed by atoms with van der Waals surface area (Å²) >= 11 is 0. The first-order chi connectivity index (χ1) is 9.82. The molecule has 4 nitrogen and oxygen atoms in total. The van der Waals surface area contributed by atoms with Crippen molar-refractivity contribution in [2.24, 2.45) is 11.7 Å². The highest BCUT2D eigenvalue weighted by Crippen LogP contribution is 2.24. The molecule has 4 heteroatoms. The second-order valence-electron chi connectivity index (χ2n) is 6.04. The summed E-state index contributed by atoms with van der Waals surface area (Å²) in [4.78, 5) is 14.4. The van der Waals surface area contributed by atoms with Gasteiger partial charge in [0.1, 0.15) is 5.54 Å². The Kier molecular flexibility index (Phi) is 6.37. The van der Waals surface area contributed by atoms with E-state index in [2.05, 4.69) is 32.7 Å². The van der Waals surface area contributed by atoms with Crippen LogP contribution in [-0.2, 0) is 15.1 Å². The van der Waals surface area contributed by atoms with Crippen LogP contribution in [-0.4, -0.2) is 37.6 Å². The summed E-state index contributed by atoms with van der Waals surface area (Å²) in [6.45, 7) is 7.30. The molecule has 2 atom stereocenters.